The molecule has 0 saturated heterocycles. The number of benzene rings is 4. The van der Waals surface area contributed by atoms with Crippen LogP contribution in [0.25, 0.3) is 15.7 Å². The first-order chi connectivity index (χ1) is 14.8. The molecule has 0 heterocycles. The number of diazo groups is 1. The Morgan fingerprint density at radius 1 is 0.774 bits per heavy atom. The van der Waals surface area contributed by atoms with Crippen molar-refractivity contribution < 1.29 is 13.5 Å². The summed E-state index contributed by atoms with van der Waals surface area (Å²) in [7, 11) is -3.86. The number of hydrogen-bond donors (Lipinski definition) is 0. The van der Waals surface area contributed by atoms with Crippen LogP contribution in [-0.2, 0) is 15.3 Å². The largest absolute Gasteiger partial charge is 0.867 e. The van der Waals surface area contributed by atoms with Crippen molar-refractivity contribution >= 4 is 26.3 Å². The summed E-state index contributed by atoms with van der Waals surface area (Å²) >= 11 is 0. The third kappa shape index (κ3) is 3.43. The second kappa shape index (κ2) is 7.53. The lowest BCUT2D eigenvalue weighted by molar-refractivity contribution is -0.264. The van der Waals surface area contributed by atoms with E-state index in [9.17, 15) is 13.5 Å². The van der Waals surface area contributed by atoms with Gasteiger partial charge in [-0.1, -0.05) is 68.4 Å². The summed E-state index contributed by atoms with van der Waals surface area (Å²) in [6.45, 7) is 4.19. The highest BCUT2D eigenvalue weighted by Gasteiger charge is 2.25. The Bertz CT molecular complexity index is 1420. The molecule has 4 aromatic rings. The normalized spacial score (nSPS) is 11.9. The molecule has 0 atom stereocenters. The summed E-state index contributed by atoms with van der Waals surface area (Å²) in [6.07, 6.45) is 0. The monoisotopic (exact) mass is 428 g/mol. The fraction of sp³-hybridized carbons (Fsp3) is 0.120. The molecule has 4 aromatic carbocycles. The molecule has 4 rings (SSSR count). The number of rotatable bonds is 4. The smallest absolute Gasteiger partial charge is 0.378 e. The molecular weight excluding hydrogens is 408 g/mol. The zero-order chi connectivity index (χ0) is 22.2. The molecule has 154 valence electrons. The van der Waals surface area contributed by atoms with E-state index in [0.717, 1.165) is 11.1 Å². The fourth-order valence-electron chi connectivity index (χ4n) is 3.80. The molecule has 0 spiro atoms. The molecule has 0 bridgehead atoms. The molecule has 0 radical (unpaired) electrons. The maximum atomic E-state index is 13.4. The van der Waals surface area contributed by atoms with Gasteiger partial charge in [0.15, 0.2) is 4.98 Å². The average molecular weight is 429 g/mol. The summed E-state index contributed by atoms with van der Waals surface area (Å²) in [5.41, 5.74) is 1.71. The van der Waals surface area contributed by atoms with Crippen molar-refractivity contribution in [2.45, 2.75) is 29.1 Å². The van der Waals surface area contributed by atoms with Crippen LogP contribution in [0.5, 0.6) is 5.75 Å². The third-order valence-electron chi connectivity index (χ3n) is 5.73. The van der Waals surface area contributed by atoms with E-state index in [2.05, 4.69) is 18.8 Å². The lowest BCUT2D eigenvalue weighted by Gasteiger charge is -2.26. The summed E-state index contributed by atoms with van der Waals surface area (Å²) in [6, 6.07) is 24.2. The highest BCUT2D eigenvalue weighted by molar-refractivity contribution is 7.91. The molecule has 0 aliphatic carbocycles. The highest BCUT2D eigenvalue weighted by atomic mass is 32.2. The Kier molecular flexibility index (Phi) is 5.00. The Hall–Kier alpha value is -3.69. The van der Waals surface area contributed by atoms with Crippen molar-refractivity contribution in [3.05, 3.63) is 101 Å². The van der Waals surface area contributed by atoms with E-state index >= 15 is 0 Å². The molecule has 0 aromatic heterocycles. The maximum Gasteiger partial charge on any atom is 0.378 e. The van der Waals surface area contributed by atoms with E-state index in [4.69, 9.17) is 5.39 Å². The summed E-state index contributed by atoms with van der Waals surface area (Å²) in [5.74, 6) is -0.517. The molecule has 0 fully saturated rings. The minimum absolute atomic E-state index is 0.0432. The van der Waals surface area contributed by atoms with Crippen LogP contribution in [0.15, 0.2) is 94.7 Å². The van der Waals surface area contributed by atoms with Crippen molar-refractivity contribution in [1.82, 2.24) is 0 Å². The number of hydrogen-bond acceptors (Lipinski definition) is 4. The number of nitrogens with zero attached hydrogens (tertiary/aromatic N) is 2. The van der Waals surface area contributed by atoms with Gasteiger partial charge in [0, 0.05) is 16.9 Å². The van der Waals surface area contributed by atoms with E-state index in [1.165, 1.54) is 30.3 Å². The number of fused-ring (bicyclic) bond motifs is 1. The molecule has 0 aliphatic heterocycles. The van der Waals surface area contributed by atoms with E-state index < -0.39 is 15.6 Å². The van der Waals surface area contributed by atoms with Crippen LogP contribution in [0.1, 0.15) is 25.0 Å². The first kappa shape index (κ1) is 20.6. The zero-order valence-corrected chi connectivity index (χ0v) is 17.9. The first-order valence-corrected chi connectivity index (χ1v) is 11.2. The minimum Gasteiger partial charge on any atom is -0.867 e. The highest BCUT2D eigenvalue weighted by Crippen LogP contribution is 2.37. The van der Waals surface area contributed by atoms with Gasteiger partial charge in [-0.3, -0.25) is 0 Å². The molecule has 31 heavy (non-hydrogen) atoms. The minimum atomic E-state index is -3.86. The van der Waals surface area contributed by atoms with Crippen molar-refractivity contribution in [2.75, 3.05) is 0 Å². The van der Waals surface area contributed by atoms with Gasteiger partial charge in [-0.25, -0.2) is 8.42 Å². The standard InChI is InChI=1S/C25H20N2O3S/c1-25(2,17-7-4-3-5-8-17)18-11-13-19(14-12-18)31(29,30)23-10-6-9-21-20(23)15-16-22(27-26)24(21)28/h3-16H,1-2H3. The van der Waals surface area contributed by atoms with Gasteiger partial charge in [-0.05, 0) is 46.5 Å². The lowest BCUT2D eigenvalue weighted by atomic mass is 9.78. The van der Waals surface area contributed by atoms with Crippen molar-refractivity contribution in [1.29, 1.82) is 5.39 Å². The van der Waals surface area contributed by atoms with Gasteiger partial charge in [0.25, 0.3) is 0 Å². The van der Waals surface area contributed by atoms with Crippen LogP contribution in [0, 0.1) is 5.39 Å². The van der Waals surface area contributed by atoms with E-state index in [1.807, 2.05) is 42.5 Å². The summed E-state index contributed by atoms with van der Waals surface area (Å²) < 4.78 is 26.7. The Morgan fingerprint density at radius 3 is 2.06 bits per heavy atom. The Labute approximate surface area is 181 Å². The summed E-state index contributed by atoms with van der Waals surface area (Å²) in [4.78, 5) is 3.16. The van der Waals surface area contributed by atoms with Crippen LogP contribution in [-0.4, -0.2) is 8.42 Å². The SMILES string of the molecule is CC(C)(c1ccccc1)c1ccc(S(=O)(=O)c2cccc3c([O-])c([N+]#N)ccc23)cc1. The van der Waals surface area contributed by atoms with Crippen LogP contribution in [0.3, 0.4) is 0 Å². The van der Waals surface area contributed by atoms with Crippen LogP contribution >= 0.6 is 0 Å². The molecule has 0 saturated carbocycles. The Balaban J connectivity index is 1.79. The van der Waals surface area contributed by atoms with E-state index in [-0.39, 0.29) is 26.3 Å². The predicted molar refractivity (Wildman–Crippen MR) is 119 cm³/mol. The van der Waals surface area contributed by atoms with Crippen LogP contribution in [0.4, 0.5) is 5.69 Å². The van der Waals surface area contributed by atoms with E-state index in [1.54, 1.807) is 12.1 Å². The van der Waals surface area contributed by atoms with Gasteiger partial charge in [0.2, 0.25) is 15.2 Å². The molecule has 0 N–H and O–H groups in total. The predicted octanol–water partition coefficient (Wildman–Crippen LogP) is 5.56. The van der Waals surface area contributed by atoms with Gasteiger partial charge in [-0.15, -0.1) is 0 Å². The fourth-order valence-corrected chi connectivity index (χ4v) is 5.28. The third-order valence-corrected chi connectivity index (χ3v) is 7.56. The molecule has 5 nitrogen and oxygen atoms in total. The maximum absolute atomic E-state index is 13.4. The lowest BCUT2D eigenvalue weighted by Crippen LogP contribution is -2.18. The van der Waals surface area contributed by atoms with Gasteiger partial charge in [-0.2, -0.15) is 0 Å². The van der Waals surface area contributed by atoms with Gasteiger partial charge in [0.1, 0.15) is 0 Å². The second-order valence-corrected chi connectivity index (χ2v) is 9.80. The molecular formula is C25H20N2O3S. The molecule has 0 unspecified atom stereocenters. The van der Waals surface area contributed by atoms with Crippen LogP contribution in [0.2, 0.25) is 0 Å². The first-order valence-electron chi connectivity index (χ1n) is 9.76. The molecule has 0 amide bonds. The molecule has 0 aliphatic rings. The van der Waals surface area contributed by atoms with Crippen molar-refractivity contribution in [3.63, 3.8) is 0 Å². The van der Waals surface area contributed by atoms with Gasteiger partial charge in [0.05, 0.1) is 9.79 Å². The summed E-state index contributed by atoms with van der Waals surface area (Å²) in [5, 5.41) is 21.9. The second-order valence-electron chi connectivity index (χ2n) is 7.88. The van der Waals surface area contributed by atoms with Crippen LogP contribution < -0.4 is 5.11 Å². The van der Waals surface area contributed by atoms with Gasteiger partial charge >= 0.3 is 5.69 Å². The van der Waals surface area contributed by atoms with Crippen molar-refractivity contribution in [2.24, 2.45) is 0 Å². The topological polar surface area (TPSA) is 85.3 Å². The van der Waals surface area contributed by atoms with E-state index in [0.29, 0.717) is 5.39 Å². The zero-order valence-electron chi connectivity index (χ0n) is 17.1. The Morgan fingerprint density at radius 2 is 1.42 bits per heavy atom. The quantitative estimate of drug-likeness (QED) is 0.399. The number of sulfone groups is 1. The molecule has 6 heteroatoms. The van der Waals surface area contributed by atoms with Gasteiger partial charge < -0.3 is 5.11 Å². The average Bonchev–Trinajstić information content (AvgIpc) is 2.79. The van der Waals surface area contributed by atoms with Crippen molar-refractivity contribution in [3.8, 4) is 5.75 Å².